The summed E-state index contributed by atoms with van der Waals surface area (Å²) in [4.78, 5) is 28.6. The van der Waals surface area contributed by atoms with Gasteiger partial charge in [0.1, 0.15) is 17.3 Å². The van der Waals surface area contributed by atoms with Gasteiger partial charge in [0, 0.05) is 40.4 Å². The van der Waals surface area contributed by atoms with Crippen molar-refractivity contribution in [1.82, 2.24) is 10.1 Å². The third kappa shape index (κ3) is 4.65. The molecule has 3 N–H and O–H groups in total. The van der Waals surface area contributed by atoms with Crippen molar-refractivity contribution in [3.05, 3.63) is 66.0 Å². The van der Waals surface area contributed by atoms with E-state index in [1.807, 2.05) is 45.0 Å². The zero-order chi connectivity index (χ0) is 24.6. The van der Waals surface area contributed by atoms with E-state index in [0.717, 1.165) is 22.0 Å². The molecule has 1 aliphatic rings. The minimum atomic E-state index is -0.445. The molecule has 1 aliphatic heterocycles. The fraction of sp³-hybridized carbons (Fsp3) is 0.231. The van der Waals surface area contributed by atoms with Gasteiger partial charge in [-0.3, -0.25) is 10.1 Å². The van der Waals surface area contributed by atoms with Crippen LogP contribution in [0.1, 0.15) is 38.4 Å². The Bertz CT molecular complexity index is 1440. The molecule has 0 radical (unpaired) electrons. The fourth-order valence-electron chi connectivity index (χ4n) is 3.89. The van der Waals surface area contributed by atoms with Crippen molar-refractivity contribution in [2.24, 2.45) is 0 Å². The molecular weight excluding hydrogens is 446 g/mol. The zero-order valence-corrected chi connectivity index (χ0v) is 19.6. The molecule has 2 aromatic carbocycles. The summed E-state index contributed by atoms with van der Waals surface area (Å²) >= 11 is 0. The van der Waals surface area contributed by atoms with Crippen molar-refractivity contribution >= 4 is 40.1 Å². The number of hydrogen-bond acceptors (Lipinski definition) is 6. The largest absolute Gasteiger partial charge is 0.456 e. The van der Waals surface area contributed by atoms with Gasteiger partial charge >= 0.3 is 6.03 Å². The molecule has 4 aromatic rings. The molecule has 9 nitrogen and oxygen atoms in total. The van der Waals surface area contributed by atoms with E-state index in [2.05, 4.69) is 26.1 Å². The highest BCUT2D eigenvalue weighted by Crippen LogP contribution is 2.38. The summed E-state index contributed by atoms with van der Waals surface area (Å²) in [5.41, 5.74) is 2.04. The standard InChI is InChI=1S/C26H25N5O4/c1-26(2,3)21-14-23(35-31-21)30-25(33)28-18-9-10-19(16-7-5-4-6-15(16)18)34-20-12-13-27-24-17(20)8-11-22(32)29-24/h4-7,9-10,12-14H,8,11H2,1-3H3,(H,27,29,32)(H2,28,30,33). The predicted molar refractivity (Wildman–Crippen MR) is 133 cm³/mol. The number of rotatable bonds is 4. The van der Waals surface area contributed by atoms with Crippen molar-refractivity contribution in [2.45, 2.75) is 39.0 Å². The van der Waals surface area contributed by atoms with E-state index in [9.17, 15) is 9.59 Å². The Balaban J connectivity index is 1.39. The Labute approximate surface area is 201 Å². The summed E-state index contributed by atoms with van der Waals surface area (Å²) in [7, 11) is 0. The number of nitrogens with one attached hydrogen (secondary N) is 3. The van der Waals surface area contributed by atoms with E-state index in [1.54, 1.807) is 30.5 Å². The van der Waals surface area contributed by atoms with Crippen LogP contribution >= 0.6 is 0 Å². The first-order chi connectivity index (χ1) is 16.8. The SMILES string of the molecule is CC(C)(C)c1cc(NC(=O)Nc2ccc(Oc3ccnc4c3CCC(=O)N4)c3ccccc23)on1. The molecule has 3 heterocycles. The second-order valence-electron chi connectivity index (χ2n) is 9.35. The second-order valence-corrected chi connectivity index (χ2v) is 9.35. The van der Waals surface area contributed by atoms with Gasteiger partial charge in [0.15, 0.2) is 0 Å². The number of hydrogen-bond donors (Lipinski definition) is 3. The van der Waals surface area contributed by atoms with E-state index in [-0.39, 0.29) is 17.2 Å². The van der Waals surface area contributed by atoms with E-state index >= 15 is 0 Å². The molecule has 0 spiro atoms. The first-order valence-corrected chi connectivity index (χ1v) is 11.3. The topological polar surface area (TPSA) is 118 Å². The van der Waals surface area contributed by atoms with Crippen LogP contribution in [0.4, 0.5) is 22.2 Å². The molecule has 2 aromatic heterocycles. The minimum absolute atomic E-state index is 0.0544. The average Bonchev–Trinajstić information content (AvgIpc) is 3.29. The molecule has 0 unspecified atom stereocenters. The number of fused-ring (bicyclic) bond motifs is 2. The molecule has 0 bridgehead atoms. The molecule has 9 heteroatoms. The molecule has 0 aliphatic carbocycles. The summed E-state index contributed by atoms with van der Waals surface area (Å²) in [6.45, 7) is 6.05. The molecule has 0 saturated heterocycles. The average molecular weight is 472 g/mol. The van der Waals surface area contributed by atoms with Crippen molar-refractivity contribution in [1.29, 1.82) is 0 Å². The third-order valence-corrected chi connectivity index (χ3v) is 5.74. The summed E-state index contributed by atoms with van der Waals surface area (Å²) in [5, 5.41) is 14.0. The molecule has 0 saturated carbocycles. The normalized spacial score (nSPS) is 13.2. The highest BCUT2D eigenvalue weighted by Gasteiger charge is 2.22. The quantitative estimate of drug-likeness (QED) is 0.344. The van der Waals surface area contributed by atoms with Gasteiger partial charge in [0.2, 0.25) is 11.8 Å². The monoisotopic (exact) mass is 471 g/mol. The number of aromatic nitrogens is 2. The zero-order valence-electron chi connectivity index (χ0n) is 19.6. The van der Waals surface area contributed by atoms with Gasteiger partial charge in [-0.25, -0.2) is 9.78 Å². The van der Waals surface area contributed by atoms with Gasteiger partial charge in [-0.2, -0.15) is 0 Å². The highest BCUT2D eigenvalue weighted by molar-refractivity contribution is 6.07. The van der Waals surface area contributed by atoms with Gasteiger partial charge < -0.3 is 19.9 Å². The number of carbonyl (C=O) groups excluding carboxylic acids is 2. The minimum Gasteiger partial charge on any atom is -0.456 e. The van der Waals surface area contributed by atoms with Crippen molar-refractivity contribution in [3.63, 3.8) is 0 Å². The number of ether oxygens (including phenoxy) is 1. The number of pyridine rings is 1. The smallest absolute Gasteiger partial charge is 0.326 e. The van der Waals surface area contributed by atoms with Gasteiger partial charge in [-0.15, -0.1) is 0 Å². The van der Waals surface area contributed by atoms with Crippen molar-refractivity contribution in [3.8, 4) is 11.5 Å². The maximum atomic E-state index is 12.7. The molecule has 5 rings (SSSR count). The maximum absolute atomic E-state index is 12.7. The van der Waals surface area contributed by atoms with Crippen LogP contribution < -0.4 is 20.7 Å². The Morgan fingerprint density at radius 3 is 2.60 bits per heavy atom. The summed E-state index contributed by atoms with van der Waals surface area (Å²) in [6, 6.07) is 14.3. The molecule has 0 fully saturated rings. The van der Waals surface area contributed by atoms with Crippen LogP contribution in [-0.4, -0.2) is 22.1 Å². The van der Waals surface area contributed by atoms with Crippen LogP contribution in [0.15, 0.2) is 59.3 Å². The summed E-state index contributed by atoms with van der Waals surface area (Å²) < 4.78 is 11.5. The third-order valence-electron chi connectivity index (χ3n) is 5.74. The lowest BCUT2D eigenvalue weighted by atomic mass is 9.92. The summed E-state index contributed by atoms with van der Waals surface area (Å²) in [5.74, 6) is 2.01. The Morgan fingerprint density at radius 1 is 1.03 bits per heavy atom. The first-order valence-electron chi connectivity index (χ1n) is 11.3. The number of urea groups is 1. The first kappa shape index (κ1) is 22.4. The Morgan fingerprint density at radius 2 is 1.83 bits per heavy atom. The predicted octanol–water partition coefficient (Wildman–Crippen LogP) is 5.84. The van der Waals surface area contributed by atoms with E-state index < -0.39 is 6.03 Å². The van der Waals surface area contributed by atoms with Crippen molar-refractivity contribution < 1.29 is 18.8 Å². The van der Waals surface area contributed by atoms with Gasteiger partial charge in [-0.1, -0.05) is 50.2 Å². The fourth-order valence-corrected chi connectivity index (χ4v) is 3.89. The summed E-state index contributed by atoms with van der Waals surface area (Å²) in [6.07, 6.45) is 2.55. The molecular formula is C26H25N5O4. The lowest BCUT2D eigenvalue weighted by Gasteiger charge is -2.19. The molecule has 3 amide bonds. The number of carbonyl (C=O) groups is 2. The van der Waals surface area contributed by atoms with E-state index in [0.29, 0.717) is 35.8 Å². The van der Waals surface area contributed by atoms with Crippen LogP contribution in [0.2, 0.25) is 0 Å². The van der Waals surface area contributed by atoms with Crippen LogP contribution in [0.3, 0.4) is 0 Å². The van der Waals surface area contributed by atoms with Gasteiger partial charge in [0.25, 0.3) is 0 Å². The van der Waals surface area contributed by atoms with Crippen LogP contribution in [-0.2, 0) is 16.6 Å². The molecule has 178 valence electrons. The Kier molecular flexibility index (Phi) is 5.60. The Hall–Kier alpha value is -4.40. The maximum Gasteiger partial charge on any atom is 0.326 e. The molecule has 0 atom stereocenters. The van der Waals surface area contributed by atoms with Crippen molar-refractivity contribution in [2.75, 3.05) is 16.0 Å². The van der Waals surface area contributed by atoms with Gasteiger partial charge in [-0.05, 0) is 24.6 Å². The highest BCUT2D eigenvalue weighted by atomic mass is 16.5. The van der Waals surface area contributed by atoms with Gasteiger partial charge in [0.05, 0.1) is 11.4 Å². The molecule has 35 heavy (non-hydrogen) atoms. The van der Waals surface area contributed by atoms with E-state index in [4.69, 9.17) is 9.26 Å². The number of benzene rings is 2. The van der Waals surface area contributed by atoms with Crippen LogP contribution in [0, 0.1) is 0 Å². The van der Waals surface area contributed by atoms with Crippen LogP contribution in [0.5, 0.6) is 11.5 Å². The lowest BCUT2D eigenvalue weighted by Crippen LogP contribution is -2.20. The van der Waals surface area contributed by atoms with E-state index in [1.165, 1.54) is 0 Å². The number of nitrogens with zero attached hydrogens (tertiary/aromatic N) is 2. The van der Waals surface area contributed by atoms with Crippen LogP contribution in [0.25, 0.3) is 10.8 Å². The lowest BCUT2D eigenvalue weighted by molar-refractivity contribution is -0.116. The number of anilines is 3. The number of amides is 3. The second kappa shape index (κ2) is 8.75.